The van der Waals surface area contributed by atoms with Crippen LogP contribution in [0, 0.1) is 13.8 Å². The standard InChI is InChI=1S/C23H25BrClN5O2S/c1-5-30-21(15(4)26-22(32)17-8-6-7-9-18(17)25)28-29-23(30)33-12-19(31)27-20-13(2)10-16(24)11-14(20)3/h6-11,15H,5,12H2,1-4H3,(H,26,32)(H,27,31)/t15-/m0/s1. The minimum atomic E-state index is -0.391. The first kappa shape index (κ1) is 25.3. The lowest BCUT2D eigenvalue weighted by Gasteiger charge is -2.16. The van der Waals surface area contributed by atoms with E-state index in [1.54, 1.807) is 24.3 Å². The molecule has 1 atom stereocenters. The maximum Gasteiger partial charge on any atom is 0.253 e. The van der Waals surface area contributed by atoms with Gasteiger partial charge in [-0.25, -0.2) is 0 Å². The van der Waals surface area contributed by atoms with Crippen LogP contribution in [0.3, 0.4) is 0 Å². The van der Waals surface area contributed by atoms with E-state index >= 15 is 0 Å². The molecule has 0 aliphatic carbocycles. The van der Waals surface area contributed by atoms with Gasteiger partial charge in [0.05, 0.1) is 22.4 Å². The number of rotatable bonds is 8. The van der Waals surface area contributed by atoms with Crippen molar-refractivity contribution in [3.05, 3.63) is 68.4 Å². The minimum Gasteiger partial charge on any atom is -0.342 e. The zero-order valence-electron chi connectivity index (χ0n) is 18.8. The van der Waals surface area contributed by atoms with Gasteiger partial charge < -0.3 is 15.2 Å². The van der Waals surface area contributed by atoms with E-state index in [2.05, 4.69) is 36.8 Å². The molecule has 2 N–H and O–H groups in total. The molecule has 10 heteroatoms. The first-order chi connectivity index (χ1) is 15.7. The van der Waals surface area contributed by atoms with E-state index in [1.165, 1.54) is 11.8 Å². The number of hydrogen-bond acceptors (Lipinski definition) is 5. The summed E-state index contributed by atoms with van der Waals surface area (Å²) in [5.74, 6) is 0.391. The normalized spacial score (nSPS) is 11.8. The summed E-state index contributed by atoms with van der Waals surface area (Å²) in [6.07, 6.45) is 0. The van der Waals surface area contributed by atoms with Gasteiger partial charge in [0.15, 0.2) is 11.0 Å². The van der Waals surface area contributed by atoms with Gasteiger partial charge in [0.1, 0.15) is 0 Å². The number of thioether (sulfide) groups is 1. The van der Waals surface area contributed by atoms with Crippen LogP contribution in [-0.4, -0.2) is 32.3 Å². The molecule has 2 amide bonds. The van der Waals surface area contributed by atoms with Crippen LogP contribution in [0.15, 0.2) is 46.0 Å². The van der Waals surface area contributed by atoms with Crippen molar-refractivity contribution < 1.29 is 9.59 Å². The Bertz CT molecular complexity index is 1160. The first-order valence-electron chi connectivity index (χ1n) is 10.4. The van der Waals surface area contributed by atoms with Crippen molar-refractivity contribution in [1.29, 1.82) is 0 Å². The lowest BCUT2D eigenvalue weighted by Crippen LogP contribution is -2.29. The highest BCUT2D eigenvalue weighted by atomic mass is 79.9. The molecule has 0 unspecified atom stereocenters. The molecular weight excluding hydrogens is 526 g/mol. The van der Waals surface area contributed by atoms with Crippen molar-refractivity contribution in [2.45, 2.75) is 45.4 Å². The molecule has 0 saturated heterocycles. The molecule has 33 heavy (non-hydrogen) atoms. The number of anilines is 1. The van der Waals surface area contributed by atoms with Crippen LogP contribution in [0.5, 0.6) is 0 Å². The van der Waals surface area contributed by atoms with Crippen molar-refractivity contribution >= 4 is 56.8 Å². The van der Waals surface area contributed by atoms with Crippen molar-refractivity contribution in [2.75, 3.05) is 11.1 Å². The lowest BCUT2D eigenvalue weighted by molar-refractivity contribution is -0.113. The zero-order chi connectivity index (χ0) is 24.1. The SMILES string of the molecule is CCn1c(SCC(=O)Nc2c(C)cc(Br)cc2C)nnc1[C@H](C)NC(=O)c1ccccc1Cl. The van der Waals surface area contributed by atoms with Crippen LogP contribution in [0.2, 0.25) is 5.02 Å². The lowest BCUT2D eigenvalue weighted by atomic mass is 10.1. The third kappa shape index (κ3) is 6.16. The molecule has 0 radical (unpaired) electrons. The largest absolute Gasteiger partial charge is 0.342 e. The highest BCUT2D eigenvalue weighted by molar-refractivity contribution is 9.10. The first-order valence-corrected chi connectivity index (χ1v) is 12.5. The number of benzene rings is 2. The fraction of sp³-hybridized carbons (Fsp3) is 0.304. The van der Waals surface area contributed by atoms with E-state index in [9.17, 15) is 9.59 Å². The molecule has 0 aliphatic heterocycles. The van der Waals surface area contributed by atoms with Gasteiger partial charge >= 0.3 is 0 Å². The number of nitrogens with one attached hydrogen (secondary N) is 2. The molecule has 0 saturated carbocycles. The van der Waals surface area contributed by atoms with Gasteiger partial charge in [-0.1, -0.05) is 51.4 Å². The van der Waals surface area contributed by atoms with E-state index in [4.69, 9.17) is 11.6 Å². The van der Waals surface area contributed by atoms with E-state index < -0.39 is 6.04 Å². The number of nitrogens with zero attached hydrogens (tertiary/aromatic N) is 3. The molecule has 7 nitrogen and oxygen atoms in total. The van der Waals surface area contributed by atoms with E-state index in [-0.39, 0.29) is 17.6 Å². The van der Waals surface area contributed by atoms with Crippen molar-refractivity contribution in [1.82, 2.24) is 20.1 Å². The monoisotopic (exact) mass is 549 g/mol. The summed E-state index contributed by atoms with van der Waals surface area (Å²) in [5.41, 5.74) is 3.19. The Balaban J connectivity index is 1.66. The van der Waals surface area contributed by atoms with E-state index in [0.29, 0.717) is 28.1 Å². The van der Waals surface area contributed by atoms with Crippen LogP contribution in [0.1, 0.15) is 47.2 Å². The van der Waals surface area contributed by atoms with Gasteiger partial charge in [-0.3, -0.25) is 9.59 Å². The van der Waals surface area contributed by atoms with Crippen LogP contribution < -0.4 is 10.6 Å². The number of carbonyl (C=O) groups excluding carboxylic acids is 2. The van der Waals surface area contributed by atoms with E-state index in [0.717, 1.165) is 21.3 Å². The predicted molar refractivity (Wildman–Crippen MR) is 136 cm³/mol. The molecule has 0 aliphatic rings. The van der Waals surface area contributed by atoms with E-state index in [1.807, 2.05) is 44.4 Å². The average Bonchev–Trinajstić information content (AvgIpc) is 3.18. The second-order valence-corrected chi connectivity index (χ2v) is 9.78. The number of carbonyl (C=O) groups is 2. The maximum atomic E-state index is 12.6. The van der Waals surface area contributed by atoms with Crippen molar-refractivity contribution in [3.63, 3.8) is 0 Å². The zero-order valence-corrected chi connectivity index (χ0v) is 21.9. The Morgan fingerprint density at radius 2 is 1.85 bits per heavy atom. The smallest absolute Gasteiger partial charge is 0.253 e. The molecule has 3 aromatic rings. The van der Waals surface area contributed by atoms with Crippen LogP contribution in [-0.2, 0) is 11.3 Å². The molecule has 0 fully saturated rings. The van der Waals surface area contributed by atoms with Gasteiger partial charge in [0.2, 0.25) is 5.91 Å². The number of aromatic nitrogens is 3. The number of halogens is 2. The highest BCUT2D eigenvalue weighted by Crippen LogP contribution is 2.26. The average molecular weight is 551 g/mol. The summed E-state index contributed by atoms with van der Waals surface area (Å²) in [6.45, 7) is 8.32. The van der Waals surface area contributed by atoms with Crippen molar-refractivity contribution in [2.24, 2.45) is 0 Å². The van der Waals surface area contributed by atoms with Gasteiger partial charge in [0.25, 0.3) is 5.91 Å². The fourth-order valence-corrected chi connectivity index (χ4v) is 5.14. The molecule has 3 rings (SSSR count). The fourth-order valence-electron chi connectivity index (χ4n) is 3.42. The summed E-state index contributed by atoms with van der Waals surface area (Å²) >= 11 is 10.9. The quantitative estimate of drug-likeness (QED) is 0.359. The Morgan fingerprint density at radius 1 is 1.18 bits per heavy atom. The molecule has 174 valence electrons. The second-order valence-electron chi connectivity index (χ2n) is 7.51. The molecule has 0 spiro atoms. The Labute approximate surface area is 210 Å². The molecule has 0 bridgehead atoms. The second kappa shape index (κ2) is 11.2. The summed E-state index contributed by atoms with van der Waals surface area (Å²) in [4.78, 5) is 25.2. The summed E-state index contributed by atoms with van der Waals surface area (Å²) in [7, 11) is 0. The molecule has 1 aromatic heterocycles. The highest BCUT2D eigenvalue weighted by Gasteiger charge is 2.21. The summed E-state index contributed by atoms with van der Waals surface area (Å²) in [5, 5.41) is 15.4. The summed E-state index contributed by atoms with van der Waals surface area (Å²) in [6, 6.07) is 10.4. The van der Waals surface area contributed by atoms with Crippen LogP contribution >= 0.6 is 39.3 Å². The topological polar surface area (TPSA) is 88.9 Å². The van der Waals surface area contributed by atoms with Crippen LogP contribution in [0.25, 0.3) is 0 Å². The number of amides is 2. The molecule has 2 aromatic carbocycles. The van der Waals surface area contributed by atoms with Crippen LogP contribution in [0.4, 0.5) is 5.69 Å². The molecule has 1 heterocycles. The van der Waals surface area contributed by atoms with Gasteiger partial charge in [-0.05, 0) is 63.1 Å². The Kier molecular flexibility index (Phi) is 8.56. The maximum absolute atomic E-state index is 12.6. The molecular formula is C23H25BrClN5O2S. The number of hydrogen-bond donors (Lipinski definition) is 2. The van der Waals surface area contributed by atoms with Gasteiger partial charge in [-0.2, -0.15) is 0 Å². The third-order valence-corrected chi connectivity index (χ3v) is 6.76. The Hall–Kier alpha value is -2.36. The van der Waals surface area contributed by atoms with Gasteiger partial charge in [-0.15, -0.1) is 10.2 Å². The Morgan fingerprint density at radius 3 is 2.48 bits per heavy atom. The van der Waals surface area contributed by atoms with Crippen molar-refractivity contribution in [3.8, 4) is 0 Å². The third-order valence-electron chi connectivity index (χ3n) is 5.01. The number of aryl methyl sites for hydroxylation is 2. The summed E-state index contributed by atoms with van der Waals surface area (Å²) < 4.78 is 2.87. The van der Waals surface area contributed by atoms with Gasteiger partial charge in [0, 0.05) is 16.7 Å². The predicted octanol–water partition coefficient (Wildman–Crippen LogP) is 5.55. The minimum absolute atomic E-state index is 0.124.